The van der Waals surface area contributed by atoms with Crippen LogP contribution in [0, 0.1) is 12.7 Å². The van der Waals surface area contributed by atoms with Crippen molar-refractivity contribution in [3.05, 3.63) is 69.9 Å². The second-order valence-electron chi connectivity index (χ2n) is 4.78. The van der Waals surface area contributed by atoms with Gasteiger partial charge in [0.05, 0.1) is 6.04 Å². The molecule has 0 fully saturated rings. The van der Waals surface area contributed by atoms with Crippen LogP contribution in [0.25, 0.3) is 0 Å². The second kappa shape index (κ2) is 6.48. The van der Waals surface area contributed by atoms with Crippen LogP contribution in [0.15, 0.2) is 47.4 Å². The molecule has 20 heavy (non-hydrogen) atoms. The number of pyridine rings is 1. The van der Waals surface area contributed by atoms with Gasteiger partial charge in [0.1, 0.15) is 5.82 Å². The number of hydrogen-bond acceptors (Lipinski definition) is 2. The molecular formula is C16H19FN2O. The lowest BCUT2D eigenvalue weighted by atomic mass is 10.1. The van der Waals surface area contributed by atoms with E-state index in [2.05, 4.69) is 5.32 Å². The topological polar surface area (TPSA) is 34.0 Å². The number of rotatable bonds is 5. The van der Waals surface area contributed by atoms with E-state index < -0.39 is 0 Å². The van der Waals surface area contributed by atoms with Crippen LogP contribution in [0.2, 0.25) is 0 Å². The van der Waals surface area contributed by atoms with E-state index in [9.17, 15) is 9.18 Å². The van der Waals surface area contributed by atoms with Gasteiger partial charge in [0.25, 0.3) is 5.56 Å². The first-order chi connectivity index (χ1) is 9.63. The van der Waals surface area contributed by atoms with Crippen molar-refractivity contribution in [3.8, 4) is 0 Å². The molecule has 2 aromatic rings. The van der Waals surface area contributed by atoms with Gasteiger partial charge in [-0.1, -0.05) is 31.2 Å². The molecule has 1 aromatic heterocycles. The summed E-state index contributed by atoms with van der Waals surface area (Å²) in [7, 11) is 0. The number of nitrogens with one attached hydrogen (secondary N) is 1. The van der Waals surface area contributed by atoms with Crippen molar-refractivity contribution in [2.24, 2.45) is 0 Å². The first kappa shape index (κ1) is 14.5. The van der Waals surface area contributed by atoms with Crippen molar-refractivity contribution >= 4 is 0 Å². The summed E-state index contributed by atoms with van der Waals surface area (Å²) in [5.41, 5.74) is 1.24. The minimum atomic E-state index is -0.251. The monoisotopic (exact) mass is 274 g/mol. The van der Waals surface area contributed by atoms with Crippen LogP contribution >= 0.6 is 0 Å². The SMILES string of the molecule is CCNC(Cn1cccc(C)c1=O)c1ccccc1F. The number of halogens is 1. The standard InChI is InChI=1S/C16H19FN2O/c1-3-18-15(13-8-4-5-9-14(13)17)11-19-10-6-7-12(2)16(19)20/h4-10,15,18H,3,11H2,1-2H3. The van der Waals surface area contributed by atoms with Crippen LogP contribution in [0.4, 0.5) is 4.39 Å². The fourth-order valence-electron chi connectivity index (χ4n) is 2.27. The van der Waals surface area contributed by atoms with Crippen molar-refractivity contribution in [1.82, 2.24) is 9.88 Å². The molecule has 0 bridgehead atoms. The largest absolute Gasteiger partial charge is 0.313 e. The molecule has 1 heterocycles. The third-order valence-electron chi connectivity index (χ3n) is 3.32. The Balaban J connectivity index is 2.33. The zero-order valence-electron chi connectivity index (χ0n) is 11.8. The maximum absolute atomic E-state index is 13.9. The molecule has 0 spiro atoms. The molecule has 0 aliphatic carbocycles. The van der Waals surface area contributed by atoms with Gasteiger partial charge in [-0.15, -0.1) is 0 Å². The zero-order chi connectivity index (χ0) is 14.5. The van der Waals surface area contributed by atoms with Crippen LogP contribution in [0.3, 0.4) is 0 Å². The average Bonchev–Trinajstić information content (AvgIpc) is 2.44. The molecule has 1 aromatic carbocycles. The molecule has 0 saturated heterocycles. The fourth-order valence-corrected chi connectivity index (χ4v) is 2.27. The smallest absolute Gasteiger partial charge is 0.253 e. The zero-order valence-corrected chi connectivity index (χ0v) is 11.8. The van der Waals surface area contributed by atoms with E-state index in [1.165, 1.54) is 6.07 Å². The third kappa shape index (κ3) is 3.14. The highest BCUT2D eigenvalue weighted by molar-refractivity contribution is 5.21. The number of likely N-dealkylation sites (N-methyl/N-ethyl adjacent to an activating group) is 1. The van der Waals surface area contributed by atoms with E-state index in [0.717, 1.165) is 0 Å². The van der Waals surface area contributed by atoms with Crippen molar-refractivity contribution in [1.29, 1.82) is 0 Å². The Bertz CT molecular complexity index is 636. The number of nitrogens with zero attached hydrogens (tertiary/aromatic N) is 1. The van der Waals surface area contributed by atoms with E-state index in [-0.39, 0.29) is 17.4 Å². The average molecular weight is 274 g/mol. The van der Waals surface area contributed by atoms with Gasteiger partial charge in [-0.2, -0.15) is 0 Å². The van der Waals surface area contributed by atoms with Crippen molar-refractivity contribution in [2.45, 2.75) is 26.4 Å². The fraction of sp³-hybridized carbons (Fsp3) is 0.312. The summed E-state index contributed by atoms with van der Waals surface area (Å²) in [6.07, 6.45) is 1.74. The molecule has 0 amide bonds. The lowest BCUT2D eigenvalue weighted by Gasteiger charge is -2.20. The van der Waals surface area contributed by atoms with Crippen molar-refractivity contribution in [2.75, 3.05) is 6.54 Å². The summed E-state index contributed by atoms with van der Waals surface area (Å²) in [6.45, 7) is 4.87. The predicted octanol–water partition coefficient (Wildman–Crippen LogP) is 2.65. The van der Waals surface area contributed by atoms with Gasteiger partial charge in [-0.25, -0.2) is 4.39 Å². The second-order valence-corrected chi connectivity index (χ2v) is 4.78. The summed E-state index contributed by atoms with van der Waals surface area (Å²) >= 11 is 0. The van der Waals surface area contributed by atoms with E-state index in [1.807, 2.05) is 19.1 Å². The highest BCUT2D eigenvalue weighted by Crippen LogP contribution is 2.18. The van der Waals surface area contributed by atoms with E-state index in [1.54, 1.807) is 35.9 Å². The molecule has 2 rings (SSSR count). The lowest BCUT2D eigenvalue weighted by molar-refractivity contribution is 0.446. The highest BCUT2D eigenvalue weighted by atomic mass is 19.1. The summed E-state index contributed by atoms with van der Waals surface area (Å²) in [5.74, 6) is -0.251. The molecule has 1 N–H and O–H groups in total. The molecule has 1 unspecified atom stereocenters. The normalized spacial score (nSPS) is 12.3. The van der Waals surface area contributed by atoms with Crippen LogP contribution in [0.1, 0.15) is 24.1 Å². The van der Waals surface area contributed by atoms with Gasteiger partial charge >= 0.3 is 0 Å². The Morgan fingerprint density at radius 1 is 1.25 bits per heavy atom. The molecule has 106 valence electrons. The molecule has 0 aliphatic heterocycles. The van der Waals surface area contributed by atoms with Crippen LogP contribution < -0.4 is 10.9 Å². The molecule has 1 atom stereocenters. The van der Waals surface area contributed by atoms with Crippen molar-refractivity contribution < 1.29 is 4.39 Å². The molecular weight excluding hydrogens is 255 g/mol. The summed E-state index contributed by atoms with van der Waals surface area (Å²) in [5, 5.41) is 3.24. The Morgan fingerprint density at radius 2 is 2.00 bits per heavy atom. The summed E-state index contributed by atoms with van der Waals surface area (Å²) in [4.78, 5) is 12.1. The maximum atomic E-state index is 13.9. The first-order valence-electron chi connectivity index (χ1n) is 6.77. The van der Waals surface area contributed by atoms with E-state index in [0.29, 0.717) is 24.2 Å². The number of aryl methyl sites for hydroxylation is 1. The number of benzene rings is 1. The number of hydrogen-bond donors (Lipinski definition) is 1. The Kier molecular flexibility index (Phi) is 4.69. The van der Waals surface area contributed by atoms with Crippen molar-refractivity contribution in [3.63, 3.8) is 0 Å². The van der Waals surface area contributed by atoms with E-state index >= 15 is 0 Å². The molecule has 4 heteroatoms. The minimum absolute atomic E-state index is 0.0354. The minimum Gasteiger partial charge on any atom is -0.313 e. The van der Waals surface area contributed by atoms with Crippen LogP contribution in [0.5, 0.6) is 0 Å². The first-order valence-corrected chi connectivity index (χ1v) is 6.77. The Labute approximate surface area is 118 Å². The van der Waals surface area contributed by atoms with Gasteiger partial charge in [-0.3, -0.25) is 4.79 Å². The van der Waals surface area contributed by atoms with Gasteiger partial charge in [0.15, 0.2) is 0 Å². The van der Waals surface area contributed by atoms with Gasteiger partial charge in [-0.05, 0) is 25.6 Å². The highest BCUT2D eigenvalue weighted by Gasteiger charge is 2.15. The lowest BCUT2D eigenvalue weighted by Crippen LogP contribution is -2.31. The van der Waals surface area contributed by atoms with Gasteiger partial charge < -0.3 is 9.88 Å². The Morgan fingerprint density at radius 3 is 2.70 bits per heavy atom. The third-order valence-corrected chi connectivity index (χ3v) is 3.32. The predicted molar refractivity (Wildman–Crippen MR) is 78.3 cm³/mol. The molecule has 3 nitrogen and oxygen atoms in total. The summed E-state index contributed by atoms with van der Waals surface area (Å²) < 4.78 is 15.5. The molecule has 0 saturated carbocycles. The Hall–Kier alpha value is -1.94. The molecule has 0 radical (unpaired) electrons. The van der Waals surface area contributed by atoms with Gasteiger partial charge in [0, 0.05) is 23.9 Å². The van der Waals surface area contributed by atoms with Crippen LogP contribution in [-0.4, -0.2) is 11.1 Å². The van der Waals surface area contributed by atoms with E-state index in [4.69, 9.17) is 0 Å². The van der Waals surface area contributed by atoms with Crippen LogP contribution in [-0.2, 0) is 6.54 Å². The van der Waals surface area contributed by atoms with Gasteiger partial charge in [0.2, 0.25) is 0 Å². The summed E-state index contributed by atoms with van der Waals surface area (Å²) in [6, 6.07) is 10.1. The maximum Gasteiger partial charge on any atom is 0.253 e. The quantitative estimate of drug-likeness (QED) is 0.909. The molecule has 0 aliphatic rings. The number of aromatic nitrogens is 1.